The number of halogens is 2. The SMILES string of the molecule is CNc1nc(-c2c[nH]c3ncc(Cl)nc23)nc(-n2cccc2)c1F. The van der Waals surface area contributed by atoms with Gasteiger partial charge in [-0.15, -0.1) is 0 Å². The molecule has 0 bridgehead atoms. The molecule has 4 aromatic rings. The van der Waals surface area contributed by atoms with E-state index in [0.29, 0.717) is 22.6 Å². The lowest BCUT2D eigenvalue weighted by atomic mass is 10.2. The fourth-order valence-electron chi connectivity index (χ4n) is 2.41. The average Bonchev–Trinajstić information content (AvgIpc) is 3.24. The summed E-state index contributed by atoms with van der Waals surface area (Å²) in [5.74, 6) is 0.000369. The van der Waals surface area contributed by atoms with Crippen molar-refractivity contribution in [2.24, 2.45) is 0 Å². The molecule has 0 fully saturated rings. The zero-order chi connectivity index (χ0) is 16.7. The number of fused-ring (bicyclic) bond motifs is 1. The summed E-state index contributed by atoms with van der Waals surface area (Å²) in [6.45, 7) is 0. The first-order chi connectivity index (χ1) is 11.7. The Morgan fingerprint density at radius 2 is 2.00 bits per heavy atom. The minimum atomic E-state index is -0.540. The summed E-state index contributed by atoms with van der Waals surface area (Å²) in [6.07, 6.45) is 6.54. The van der Waals surface area contributed by atoms with E-state index in [-0.39, 0.29) is 16.8 Å². The molecule has 9 heteroatoms. The zero-order valence-electron chi connectivity index (χ0n) is 12.5. The van der Waals surface area contributed by atoms with Gasteiger partial charge >= 0.3 is 0 Å². The van der Waals surface area contributed by atoms with Gasteiger partial charge in [0.25, 0.3) is 0 Å². The van der Waals surface area contributed by atoms with Crippen molar-refractivity contribution in [3.05, 3.63) is 47.9 Å². The van der Waals surface area contributed by atoms with Crippen molar-refractivity contribution in [1.82, 2.24) is 29.5 Å². The number of aromatic nitrogens is 6. The Hall–Kier alpha value is -3.00. The van der Waals surface area contributed by atoms with E-state index in [1.807, 2.05) is 0 Å². The number of H-pyrrole nitrogens is 1. The second-order valence-electron chi connectivity index (χ2n) is 4.97. The van der Waals surface area contributed by atoms with E-state index in [9.17, 15) is 4.39 Å². The van der Waals surface area contributed by atoms with Gasteiger partial charge in [0.05, 0.1) is 11.8 Å². The lowest BCUT2D eigenvalue weighted by molar-refractivity contribution is 0.607. The van der Waals surface area contributed by atoms with Gasteiger partial charge in [-0.05, 0) is 12.1 Å². The van der Waals surface area contributed by atoms with E-state index >= 15 is 0 Å². The molecular formula is C15H11ClFN7. The van der Waals surface area contributed by atoms with Gasteiger partial charge in [-0.25, -0.2) is 19.9 Å². The van der Waals surface area contributed by atoms with Crippen molar-refractivity contribution in [1.29, 1.82) is 0 Å². The number of aromatic amines is 1. The molecule has 0 aliphatic carbocycles. The molecule has 7 nitrogen and oxygen atoms in total. The third kappa shape index (κ3) is 2.28. The van der Waals surface area contributed by atoms with Crippen LogP contribution in [0.4, 0.5) is 10.2 Å². The molecule has 0 amide bonds. The van der Waals surface area contributed by atoms with Crippen molar-refractivity contribution in [2.45, 2.75) is 0 Å². The van der Waals surface area contributed by atoms with Crippen molar-refractivity contribution in [3.8, 4) is 17.2 Å². The van der Waals surface area contributed by atoms with Gasteiger partial charge in [0.1, 0.15) is 10.7 Å². The molecule has 0 saturated carbocycles. The van der Waals surface area contributed by atoms with Gasteiger partial charge in [-0.2, -0.15) is 4.39 Å². The van der Waals surface area contributed by atoms with E-state index in [2.05, 4.69) is 30.2 Å². The molecule has 0 saturated heterocycles. The molecule has 2 N–H and O–H groups in total. The molecule has 0 radical (unpaired) electrons. The smallest absolute Gasteiger partial charge is 0.208 e. The molecule has 4 heterocycles. The predicted molar refractivity (Wildman–Crippen MR) is 88.8 cm³/mol. The zero-order valence-corrected chi connectivity index (χ0v) is 13.2. The fraction of sp³-hybridized carbons (Fsp3) is 0.0667. The normalized spacial score (nSPS) is 11.1. The van der Waals surface area contributed by atoms with Gasteiger partial charge in [0, 0.05) is 25.6 Å². The Morgan fingerprint density at radius 3 is 2.75 bits per heavy atom. The van der Waals surface area contributed by atoms with Crippen molar-refractivity contribution >= 4 is 28.6 Å². The van der Waals surface area contributed by atoms with Gasteiger partial charge in [-0.1, -0.05) is 11.6 Å². The maximum atomic E-state index is 14.6. The summed E-state index contributed by atoms with van der Waals surface area (Å²) in [7, 11) is 1.60. The van der Waals surface area contributed by atoms with Crippen LogP contribution in [0, 0.1) is 5.82 Å². The highest BCUT2D eigenvalue weighted by molar-refractivity contribution is 6.29. The lowest BCUT2D eigenvalue weighted by Gasteiger charge is -2.10. The number of nitrogens with zero attached hydrogens (tertiary/aromatic N) is 5. The van der Waals surface area contributed by atoms with Crippen LogP contribution in [-0.4, -0.2) is 36.5 Å². The highest BCUT2D eigenvalue weighted by atomic mass is 35.5. The van der Waals surface area contributed by atoms with Gasteiger partial charge < -0.3 is 14.9 Å². The summed E-state index contributed by atoms with van der Waals surface area (Å²) in [6, 6.07) is 3.58. The van der Waals surface area contributed by atoms with Crippen LogP contribution in [0.3, 0.4) is 0 Å². The highest BCUT2D eigenvalue weighted by Crippen LogP contribution is 2.28. The number of rotatable bonds is 3. The van der Waals surface area contributed by atoms with Gasteiger partial charge in [0.2, 0.25) is 5.82 Å². The summed E-state index contributed by atoms with van der Waals surface area (Å²) in [5, 5.41) is 3.00. The van der Waals surface area contributed by atoms with E-state index < -0.39 is 5.82 Å². The van der Waals surface area contributed by atoms with Crippen LogP contribution in [0.25, 0.3) is 28.4 Å². The maximum absolute atomic E-state index is 14.6. The van der Waals surface area contributed by atoms with Crippen LogP contribution in [0.5, 0.6) is 0 Å². The standard InChI is InChI=1S/C15H11ClFN7/c1-18-13-10(17)15(24-4-2-3-5-24)23-12(22-13)8-6-19-14-11(8)21-9(16)7-20-14/h2-7H,1H3,(H,19,20)(H,18,22,23). The molecule has 4 rings (SSSR count). The Kier molecular flexibility index (Phi) is 3.39. The molecule has 0 aliphatic heterocycles. The highest BCUT2D eigenvalue weighted by Gasteiger charge is 2.19. The minimum absolute atomic E-state index is 0.0908. The van der Waals surface area contributed by atoms with Crippen molar-refractivity contribution in [3.63, 3.8) is 0 Å². The Labute approximate surface area is 140 Å². The second kappa shape index (κ2) is 5.57. The topological polar surface area (TPSA) is 84.3 Å². The quantitative estimate of drug-likeness (QED) is 0.597. The number of anilines is 1. The second-order valence-corrected chi connectivity index (χ2v) is 5.35. The Morgan fingerprint density at radius 1 is 1.21 bits per heavy atom. The van der Waals surface area contributed by atoms with Gasteiger partial charge in [-0.3, -0.25) is 0 Å². The minimum Gasteiger partial charge on any atom is -0.371 e. The summed E-state index contributed by atoms with van der Waals surface area (Å²) in [4.78, 5) is 20.0. The number of nitrogens with one attached hydrogen (secondary N) is 2. The van der Waals surface area contributed by atoms with Crippen LogP contribution >= 0.6 is 11.6 Å². The van der Waals surface area contributed by atoms with E-state index in [4.69, 9.17) is 11.6 Å². The lowest BCUT2D eigenvalue weighted by Crippen LogP contribution is -2.07. The molecule has 120 valence electrons. The molecule has 0 atom stereocenters. The molecule has 0 spiro atoms. The first-order valence-corrected chi connectivity index (χ1v) is 7.44. The molecule has 0 unspecified atom stereocenters. The average molecular weight is 344 g/mol. The molecule has 4 aromatic heterocycles. The number of hydrogen-bond acceptors (Lipinski definition) is 5. The van der Waals surface area contributed by atoms with E-state index in [0.717, 1.165) is 0 Å². The van der Waals surface area contributed by atoms with Crippen LogP contribution in [0.15, 0.2) is 36.9 Å². The monoisotopic (exact) mass is 343 g/mol. The van der Waals surface area contributed by atoms with Crippen LogP contribution < -0.4 is 5.32 Å². The summed E-state index contributed by atoms with van der Waals surface area (Å²) >= 11 is 5.93. The first-order valence-electron chi connectivity index (χ1n) is 7.06. The molecule has 0 aromatic carbocycles. The first kappa shape index (κ1) is 14.6. The molecule has 24 heavy (non-hydrogen) atoms. The van der Waals surface area contributed by atoms with Gasteiger partial charge in [0.15, 0.2) is 23.1 Å². The fourth-order valence-corrected chi connectivity index (χ4v) is 2.54. The third-order valence-electron chi connectivity index (χ3n) is 3.51. The Balaban J connectivity index is 1.97. The van der Waals surface area contributed by atoms with Crippen molar-refractivity contribution in [2.75, 3.05) is 12.4 Å². The summed E-state index contributed by atoms with van der Waals surface area (Å²) in [5.41, 5.74) is 1.66. The number of hydrogen-bond donors (Lipinski definition) is 2. The van der Waals surface area contributed by atoms with Crippen molar-refractivity contribution < 1.29 is 4.39 Å². The van der Waals surface area contributed by atoms with Crippen LogP contribution in [-0.2, 0) is 0 Å². The summed E-state index contributed by atoms with van der Waals surface area (Å²) < 4.78 is 16.1. The van der Waals surface area contributed by atoms with Crippen LogP contribution in [0.2, 0.25) is 5.15 Å². The third-order valence-corrected chi connectivity index (χ3v) is 3.69. The van der Waals surface area contributed by atoms with E-state index in [1.165, 1.54) is 6.20 Å². The maximum Gasteiger partial charge on any atom is 0.208 e. The van der Waals surface area contributed by atoms with E-state index in [1.54, 1.807) is 42.3 Å². The van der Waals surface area contributed by atoms with Crippen LogP contribution in [0.1, 0.15) is 0 Å². The Bertz CT molecular complexity index is 1030. The molecule has 0 aliphatic rings. The largest absolute Gasteiger partial charge is 0.371 e. The molecular weight excluding hydrogens is 333 g/mol. The predicted octanol–water partition coefficient (Wildman–Crippen LogP) is 3.04.